The maximum absolute atomic E-state index is 11.8. The van der Waals surface area contributed by atoms with E-state index in [9.17, 15) is 13.2 Å². The zero-order valence-corrected chi connectivity index (χ0v) is 11.6. The summed E-state index contributed by atoms with van der Waals surface area (Å²) in [6, 6.07) is 0. The van der Waals surface area contributed by atoms with Crippen LogP contribution < -0.4 is 10.6 Å². The number of hydrogen-bond donors (Lipinski definition) is 2. The summed E-state index contributed by atoms with van der Waals surface area (Å²) in [4.78, 5) is 11.8. The molecule has 0 atom stereocenters. The normalized spacial score (nSPS) is 16.4. The minimum atomic E-state index is -3.18. The highest BCUT2D eigenvalue weighted by atomic mass is 32.2. The van der Waals surface area contributed by atoms with Crippen LogP contribution in [0.4, 0.5) is 0 Å². The van der Waals surface area contributed by atoms with Gasteiger partial charge in [0.25, 0.3) is 0 Å². The summed E-state index contributed by atoms with van der Waals surface area (Å²) < 4.78 is 22.0. The van der Waals surface area contributed by atoms with Gasteiger partial charge in [0.15, 0.2) is 9.84 Å². The van der Waals surface area contributed by atoms with Gasteiger partial charge in [-0.1, -0.05) is 0 Å². The first-order chi connectivity index (χ1) is 7.65. The average Bonchev–Trinajstić information content (AvgIpc) is 2.09. The smallest absolute Gasteiger partial charge is 0.247 e. The molecule has 0 aliphatic carbocycles. The van der Waals surface area contributed by atoms with E-state index in [1.807, 2.05) is 0 Å². The molecule has 1 aliphatic rings. The fraction of sp³-hybridized carbons (Fsp3) is 0.727. The molecule has 6 heteroatoms. The van der Waals surface area contributed by atoms with Crippen molar-refractivity contribution in [1.82, 2.24) is 10.6 Å². The first-order valence-corrected chi connectivity index (χ1v) is 7.41. The van der Waals surface area contributed by atoms with Gasteiger partial charge in [0.1, 0.15) is 0 Å². The number of carbonyl (C=O) groups excluding carboxylic acids is 1. The molecule has 0 aromatic heterocycles. The number of sulfone groups is 1. The predicted octanol–water partition coefficient (Wildman–Crippen LogP) is -0.154. The maximum atomic E-state index is 11.8. The Hall–Kier alpha value is -0.880. The number of rotatable bonds is 4. The van der Waals surface area contributed by atoms with E-state index in [2.05, 4.69) is 10.6 Å². The van der Waals surface area contributed by atoms with Crippen LogP contribution in [-0.4, -0.2) is 45.0 Å². The minimum Gasteiger partial charge on any atom is -0.351 e. The zero-order valence-electron chi connectivity index (χ0n) is 10.8. The second-order valence-electron chi connectivity index (χ2n) is 5.05. The van der Waals surface area contributed by atoms with Crippen molar-refractivity contribution in [3.8, 4) is 0 Å². The third-order valence-corrected chi connectivity index (χ3v) is 5.38. The molecule has 0 aromatic rings. The van der Waals surface area contributed by atoms with E-state index in [1.165, 1.54) is 6.26 Å². The Bertz CT molecular complexity index is 443. The highest BCUT2D eigenvalue weighted by Crippen LogP contribution is 2.14. The molecule has 1 amide bonds. The van der Waals surface area contributed by atoms with Gasteiger partial charge >= 0.3 is 0 Å². The summed E-state index contributed by atoms with van der Waals surface area (Å²) in [5.41, 5.74) is 1.77. The highest BCUT2D eigenvalue weighted by molar-refractivity contribution is 7.92. The summed E-state index contributed by atoms with van der Waals surface area (Å²) >= 11 is 0. The molecule has 0 saturated carbocycles. The zero-order chi connectivity index (χ0) is 13.3. The van der Waals surface area contributed by atoms with Crippen molar-refractivity contribution in [2.45, 2.75) is 25.5 Å². The van der Waals surface area contributed by atoms with Crippen molar-refractivity contribution in [3.63, 3.8) is 0 Å². The Labute approximate surface area is 103 Å². The van der Waals surface area contributed by atoms with Gasteiger partial charge in [-0.25, -0.2) is 8.42 Å². The van der Waals surface area contributed by atoms with Crippen LogP contribution in [0, 0.1) is 0 Å². The molecule has 0 spiro atoms. The third kappa shape index (κ3) is 3.29. The fourth-order valence-electron chi connectivity index (χ4n) is 1.23. The van der Waals surface area contributed by atoms with Gasteiger partial charge in [-0.3, -0.25) is 4.79 Å². The monoisotopic (exact) mass is 260 g/mol. The molecule has 5 nitrogen and oxygen atoms in total. The second-order valence-corrected chi connectivity index (χ2v) is 7.70. The van der Waals surface area contributed by atoms with Gasteiger partial charge in [0, 0.05) is 31.5 Å². The Morgan fingerprint density at radius 1 is 1.41 bits per heavy atom. The van der Waals surface area contributed by atoms with Crippen molar-refractivity contribution in [2.75, 3.05) is 25.9 Å². The summed E-state index contributed by atoms with van der Waals surface area (Å²) in [6.45, 7) is 6.59. The van der Waals surface area contributed by atoms with Crippen molar-refractivity contribution in [2.24, 2.45) is 0 Å². The molecule has 1 heterocycles. The van der Waals surface area contributed by atoms with Crippen molar-refractivity contribution in [1.29, 1.82) is 0 Å². The lowest BCUT2D eigenvalue weighted by Gasteiger charge is -2.25. The summed E-state index contributed by atoms with van der Waals surface area (Å²) in [5, 5.41) is 5.73. The van der Waals surface area contributed by atoms with Crippen LogP contribution in [0.15, 0.2) is 11.1 Å². The molecule has 0 radical (unpaired) electrons. The lowest BCUT2D eigenvalue weighted by molar-refractivity contribution is -0.117. The molecule has 98 valence electrons. The first kappa shape index (κ1) is 14.2. The third-order valence-electron chi connectivity index (χ3n) is 3.23. The van der Waals surface area contributed by atoms with Crippen LogP contribution in [0.3, 0.4) is 0 Å². The average molecular weight is 260 g/mol. The van der Waals surface area contributed by atoms with E-state index in [0.717, 1.165) is 18.7 Å². The van der Waals surface area contributed by atoms with Crippen LogP contribution in [0.2, 0.25) is 0 Å². The molecule has 0 aromatic carbocycles. The van der Waals surface area contributed by atoms with E-state index in [1.54, 1.807) is 20.8 Å². The van der Waals surface area contributed by atoms with E-state index in [4.69, 9.17) is 0 Å². The maximum Gasteiger partial charge on any atom is 0.247 e. The van der Waals surface area contributed by atoms with Crippen LogP contribution in [-0.2, 0) is 14.6 Å². The molecule has 0 unspecified atom stereocenters. The fourth-order valence-corrected chi connectivity index (χ4v) is 1.57. The standard InChI is InChI=1S/C11H20N2O3S/c1-8(9-5-12-6-9)10(14)13-7-11(2,3)17(4,15)16/h12H,5-7H2,1-4H3,(H,13,14). The number of carbonyl (C=O) groups is 1. The highest BCUT2D eigenvalue weighted by Gasteiger charge is 2.30. The summed E-state index contributed by atoms with van der Waals surface area (Å²) in [5.74, 6) is -0.182. The number of nitrogens with one attached hydrogen (secondary N) is 2. The van der Waals surface area contributed by atoms with Gasteiger partial charge in [0.2, 0.25) is 5.91 Å². The quantitative estimate of drug-likeness (QED) is 0.689. The van der Waals surface area contributed by atoms with Gasteiger partial charge in [-0.05, 0) is 26.3 Å². The largest absolute Gasteiger partial charge is 0.351 e. The molecule has 2 N–H and O–H groups in total. The predicted molar refractivity (Wildman–Crippen MR) is 67.5 cm³/mol. The molecule has 17 heavy (non-hydrogen) atoms. The second kappa shape index (κ2) is 4.78. The van der Waals surface area contributed by atoms with E-state index >= 15 is 0 Å². The lowest BCUT2D eigenvalue weighted by Crippen LogP contribution is -2.45. The molecule has 0 bridgehead atoms. The Morgan fingerprint density at radius 2 is 1.94 bits per heavy atom. The number of amides is 1. The van der Waals surface area contributed by atoms with E-state index < -0.39 is 14.6 Å². The van der Waals surface area contributed by atoms with Crippen LogP contribution in [0.1, 0.15) is 20.8 Å². The Kier molecular flexibility index (Phi) is 3.99. The van der Waals surface area contributed by atoms with Gasteiger partial charge < -0.3 is 10.6 Å². The van der Waals surface area contributed by atoms with Crippen molar-refractivity contribution < 1.29 is 13.2 Å². The van der Waals surface area contributed by atoms with Crippen LogP contribution >= 0.6 is 0 Å². The molecule has 1 rings (SSSR count). The molecular weight excluding hydrogens is 240 g/mol. The summed E-state index contributed by atoms with van der Waals surface area (Å²) in [6.07, 6.45) is 1.18. The summed E-state index contributed by atoms with van der Waals surface area (Å²) in [7, 11) is -3.18. The van der Waals surface area contributed by atoms with Crippen molar-refractivity contribution >= 4 is 15.7 Å². The van der Waals surface area contributed by atoms with Crippen LogP contribution in [0.5, 0.6) is 0 Å². The molecule has 1 saturated heterocycles. The van der Waals surface area contributed by atoms with Gasteiger partial charge in [-0.15, -0.1) is 0 Å². The Balaban J connectivity index is 2.60. The molecular formula is C11H20N2O3S. The lowest BCUT2D eigenvalue weighted by atomic mass is 10.0. The van der Waals surface area contributed by atoms with Crippen LogP contribution in [0.25, 0.3) is 0 Å². The minimum absolute atomic E-state index is 0.128. The van der Waals surface area contributed by atoms with E-state index in [0.29, 0.717) is 5.57 Å². The van der Waals surface area contributed by atoms with Crippen molar-refractivity contribution in [3.05, 3.63) is 11.1 Å². The number of hydrogen-bond acceptors (Lipinski definition) is 4. The first-order valence-electron chi connectivity index (χ1n) is 5.52. The van der Waals surface area contributed by atoms with Gasteiger partial charge in [0.05, 0.1) is 4.75 Å². The molecule has 1 aliphatic heterocycles. The Morgan fingerprint density at radius 3 is 2.29 bits per heavy atom. The topological polar surface area (TPSA) is 75.3 Å². The molecule has 1 fully saturated rings. The van der Waals surface area contributed by atoms with E-state index in [-0.39, 0.29) is 12.5 Å². The van der Waals surface area contributed by atoms with Gasteiger partial charge in [-0.2, -0.15) is 0 Å². The SMILES string of the molecule is CC(C(=O)NCC(C)(C)S(C)(=O)=O)=C1CNC1.